The molecule has 0 amide bonds. The van der Waals surface area contributed by atoms with Crippen molar-refractivity contribution in [2.45, 2.75) is 13.0 Å². The van der Waals surface area contributed by atoms with Crippen LogP contribution in [0.25, 0.3) is 10.9 Å². The maximum absolute atomic E-state index is 3.53. The normalized spacial score (nSPS) is 15.6. The highest BCUT2D eigenvalue weighted by molar-refractivity contribution is 9.10. The quantitative estimate of drug-likeness (QED) is 0.774. The number of hydrogen-bond donors (Lipinski definition) is 1. The Morgan fingerprint density at radius 1 is 1.40 bits per heavy atom. The molecule has 0 atom stereocenters. The average molecular weight is 265 g/mol. The molecule has 3 heteroatoms. The number of aromatic nitrogens is 1. The van der Waals surface area contributed by atoms with Crippen LogP contribution in [0.15, 0.2) is 22.7 Å². The number of rotatable bonds is 0. The van der Waals surface area contributed by atoms with Gasteiger partial charge in [-0.2, -0.15) is 0 Å². The van der Waals surface area contributed by atoms with Gasteiger partial charge in [-0.1, -0.05) is 22.0 Å². The number of nitrogens with one attached hydrogen (secondary N) is 1. The van der Waals surface area contributed by atoms with Gasteiger partial charge >= 0.3 is 0 Å². The molecule has 0 saturated carbocycles. The van der Waals surface area contributed by atoms with E-state index in [4.69, 9.17) is 0 Å². The standard InChI is InChI=1S/C12H13BrN2/c1-15-11-6-8(13)2-3-9(11)10-4-5-14-7-12(10)15/h2-3,6,14H,4-5,7H2,1H3. The largest absolute Gasteiger partial charge is 0.346 e. The van der Waals surface area contributed by atoms with Crippen molar-refractivity contribution in [3.63, 3.8) is 0 Å². The molecule has 2 nitrogen and oxygen atoms in total. The highest BCUT2D eigenvalue weighted by Crippen LogP contribution is 2.29. The second kappa shape index (κ2) is 3.35. The van der Waals surface area contributed by atoms with Crippen LogP contribution >= 0.6 is 15.9 Å². The number of benzene rings is 1. The predicted octanol–water partition coefficient (Wildman–Crippen LogP) is 2.59. The average Bonchev–Trinajstić information content (AvgIpc) is 2.54. The molecule has 0 radical (unpaired) electrons. The Hall–Kier alpha value is -0.800. The third-order valence-corrected chi connectivity index (χ3v) is 3.74. The van der Waals surface area contributed by atoms with Gasteiger partial charge in [0.25, 0.3) is 0 Å². The van der Waals surface area contributed by atoms with Crippen molar-refractivity contribution >= 4 is 26.8 Å². The minimum Gasteiger partial charge on any atom is -0.346 e. The first-order valence-corrected chi connectivity index (χ1v) is 6.03. The summed E-state index contributed by atoms with van der Waals surface area (Å²) in [6, 6.07) is 6.56. The van der Waals surface area contributed by atoms with Gasteiger partial charge in [0, 0.05) is 34.7 Å². The number of aryl methyl sites for hydroxylation is 1. The number of hydrogen-bond acceptors (Lipinski definition) is 1. The summed E-state index contributed by atoms with van der Waals surface area (Å²) >= 11 is 3.53. The molecule has 1 N–H and O–H groups in total. The molecule has 1 aromatic carbocycles. The highest BCUT2D eigenvalue weighted by atomic mass is 79.9. The first kappa shape index (κ1) is 9.43. The number of nitrogens with zero attached hydrogens (tertiary/aromatic N) is 1. The maximum atomic E-state index is 3.53. The zero-order valence-electron chi connectivity index (χ0n) is 8.68. The lowest BCUT2D eigenvalue weighted by Gasteiger charge is -2.14. The molecule has 78 valence electrons. The molecule has 0 aliphatic carbocycles. The summed E-state index contributed by atoms with van der Waals surface area (Å²) in [6.07, 6.45) is 1.15. The monoisotopic (exact) mass is 264 g/mol. The number of halogens is 1. The van der Waals surface area contributed by atoms with E-state index in [1.807, 2.05) is 0 Å². The second-order valence-corrected chi connectivity index (χ2v) is 4.99. The Morgan fingerprint density at radius 3 is 3.13 bits per heavy atom. The number of fused-ring (bicyclic) bond motifs is 3. The van der Waals surface area contributed by atoms with Gasteiger partial charge < -0.3 is 9.88 Å². The van der Waals surface area contributed by atoms with E-state index in [1.54, 1.807) is 0 Å². The third kappa shape index (κ3) is 1.34. The van der Waals surface area contributed by atoms with E-state index in [0.717, 1.165) is 24.0 Å². The van der Waals surface area contributed by atoms with E-state index in [1.165, 1.54) is 22.2 Å². The molecule has 2 aromatic rings. The van der Waals surface area contributed by atoms with Crippen LogP contribution < -0.4 is 5.32 Å². The topological polar surface area (TPSA) is 17.0 Å². The van der Waals surface area contributed by atoms with Crippen molar-refractivity contribution in [1.82, 2.24) is 9.88 Å². The predicted molar refractivity (Wildman–Crippen MR) is 66.0 cm³/mol. The maximum Gasteiger partial charge on any atom is 0.0494 e. The second-order valence-electron chi connectivity index (χ2n) is 4.07. The van der Waals surface area contributed by atoms with Crippen LogP contribution in [0.1, 0.15) is 11.3 Å². The van der Waals surface area contributed by atoms with E-state index < -0.39 is 0 Å². The molecule has 0 spiro atoms. The van der Waals surface area contributed by atoms with Crippen molar-refractivity contribution < 1.29 is 0 Å². The summed E-state index contributed by atoms with van der Waals surface area (Å²) in [5, 5.41) is 4.84. The van der Waals surface area contributed by atoms with E-state index in [2.05, 4.69) is 51.1 Å². The van der Waals surface area contributed by atoms with Gasteiger partial charge in [-0.25, -0.2) is 0 Å². The summed E-state index contributed by atoms with van der Waals surface area (Å²) < 4.78 is 3.46. The van der Waals surface area contributed by atoms with Gasteiger partial charge in [0.05, 0.1) is 0 Å². The molecule has 1 aliphatic heterocycles. The molecule has 2 heterocycles. The fraction of sp³-hybridized carbons (Fsp3) is 0.333. The molecule has 3 rings (SSSR count). The van der Waals surface area contributed by atoms with Crippen LogP contribution in [0.5, 0.6) is 0 Å². The Bertz CT molecular complexity index is 528. The zero-order chi connectivity index (χ0) is 10.4. The van der Waals surface area contributed by atoms with E-state index in [0.29, 0.717) is 0 Å². The smallest absolute Gasteiger partial charge is 0.0494 e. The lowest BCUT2D eigenvalue weighted by atomic mass is 10.1. The Morgan fingerprint density at radius 2 is 2.27 bits per heavy atom. The SMILES string of the molecule is Cn1c2c(c3ccc(Br)cc31)CCNC2. The molecule has 0 saturated heterocycles. The third-order valence-electron chi connectivity index (χ3n) is 3.24. The van der Waals surface area contributed by atoms with Gasteiger partial charge in [0.15, 0.2) is 0 Å². The molecule has 15 heavy (non-hydrogen) atoms. The molecule has 0 fully saturated rings. The summed E-state index contributed by atoms with van der Waals surface area (Å²) in [5.74, 6) is 0. The Kier molecular flexibility index (Phi) is 2.11. The van der Waals surface area contributed by atoms with Crippen molar-refractivity contribution in [3.05, 3.63) is 33.9 Å². The summed E-state index contributed by atoms with van der Waals surface area (Å²) in [7, 11) is 2.15. The van der Waals surface area contributed by atoms with E-state index in [9.17, 15) is 0 Å². The van der Waals surface area contributed by atoms with Gasteiger partial charge in [0.2, 0.25) is 0 Å². The van der Waals surface area contributed by atoms with Crippen LogP contribution in [-0.2, 0) is 20.0 Å². The van der Waals surface area contributed by atoms with Crippen LogP contribution in [0.2, 0.25) is 0 Å². The minimum absolute atomic E-state index is 0.998. The van der Waals surface area contributed by atoms with Crippen LogP contribution in [-0.4, -0.2) is 11.1 Å². The zero-order valence-corrected chi connectivity index (χ0v) is 10.3. The molecule has 0 bridgehead atoms. The molecular weight excluding hydrogens is 252 g/mol. The minimum atomic E-state index is 0.998. The van der Waals surface area contributed by atoms with Gasteiger partial charge in [-0.05, 0) is 30.7 Å². The Balaban J connectivity index is 2.38. The first-order chi connectivity index (χ1) is 7.27. The molecule has 0 unspecified atom stereocenters. The molecule has 1 aliphatic rings. The van der Waals surface area contributed by atoms with Crippen molar-refractivity contribution in [2.75, 3.05) is 6.54 Å². The van der Waals surface area contributed by atoms with Crippen LogP contribution in [0.3, 0.4) is 0 Å². The van der Waals surface area contributed by atoms with Gasteiger partial charge in [-0.3, -0.25) is 0 Å². The summed E-state index contributed by atoms with van der Waals surface area (Å²) in [5.41, 5.74) is 4.30. The van der Waals surface area contributed by atoms with Crippen LogP contribution in [0, 0.1) is 0 Å². The van der Waals surface area contributed by atoms with Gasteiger partial charge in [0.1, 0.15) is 0 Å². The van der Waals surface area contributed by atoms with Crippen molar-refractivity contribution in [3.8, 4) is 0 Å². The fourth-order valence-corrected chi connectivity index (χ4v) is 2.81. The molecule has 1 aromatic heterocycles. The lowest BCUT2D eigenvalue weighted by molar-refractivity contribution is 0.614. The highest BCUT2D eigenvalue weighted by Gasteiger charge is 2.17. The van der Waals surface area contributed by atoms with E-state index in [-0.39, 0.29) is 0 Å². The summed E-state index contributed by atoms with van der Waals surface area (Å²) in [4.78, 5) is 0. The first-order valence-electron chi connectivity index (χ1n) is 5.24. The van der Waals surface area contributed by atoms with Gasteiger partial charge in [-0.15, -0.1) is 0 Å². The summed E-state index contributed by atoms with van der Waals surface area (Å²) in [6.45, 7) is 2.10. The van der Waals surface area contributed by atoms with Crippen molar-refractivity contribution in [2.24, 2.45) is 7.05 Å². The van der Waals surface area contributed by atoms with E-state index >= 15 is 0 Å². The lowest BCUT2D eigenvalue weighted by Crippen LogP contribution is -2.24. The Labute approximate surface area is 97.4 Å². The fourth-order valence-electron chi connectivity index (χ4n) is 2.47. The molecular formula is C12H13BrN2. The van der Waals surface area contributed by atoms with Crippen molar-refractivity contribution in [1.29, 1.82) is 0 Å². The van der Waals surface area contributed by atoms with Crippen LogP contribution in [0.4, 0.5) is 0 Å².